The number of rotatable bonds is 6. The number of hydrogen-bond donors (Lipinski definition) is 0. The maximum absolute atomic E-state index is 2.64. The zero-order chi connectivity index (χ0) is 14.8. The highest BCUT2D eigenvalue weighted by Gasteiger charge is 2.51. The van der Waals surface area contributed by atoms with E-state index in [1.54, 1.807) is 0 Å². The van der Waals surface area contributed by atoms with Gasteiger partial charge in [-0.2, -0.15) is 0 Å². The van der Waals surface area contributed by atoms with Crippen LogP contribution < -0.4 is 0 Å². The molecule has 1 heterocycles. The highest BCUT2D eigenvalue weighted by Crippen LogP contribution is 2.53. The van der Waals surface area contributed by atoms with E-state index in [0.717, 1.165) is 12.5 Å². The Morgan fingerprint density at radius 1 is 0.818 bits per heavy atom. The molecule has 1 heteroatoms. The van der Waals surface area contributed by atoms with E-state index >= 15 is 0 Å². The van der Waals surface area contributed by atoms with Crippen LogP contribution in [0.5, 0.6) is 0 Å². The van der Waals surface area contributed by atoms with Crippen LogP contribution in [0.15, 0.2) is 60.7 Å². The number of hydrogen-bond acceptors (Lipinski definition) is 1. The number of benzene rings is 2. The molecule has 1 nitrogen and oxygen atoms in total. The van der Waals surface area contributed by atoms with Crippen molar-refractivity contribution in [1.29, 1.82) is 0 Å². The first-order valence-electron chi connectivity index (χ1n) is 8.64. The number of nitrogens with zero attached hydrogens (tertiary/aromatic N) is 1. The second-order valence-electron chi connectivity index (χ2n) is 7.25. The van der Waals surface area contributed by atoms with Gasteiger partial charge in [-0.3, -0.25) is 4.90 Å². The smallest absolute Gasteiger partial charge is 0.0234 e. The van der Waals surface area contributed by atoms with Crippen molar-refractivity contribution in [3.63, 3.8) is 0 Å². The zero-order valence-corrected chi connectivity index (χ0v) is 13.2. The lowest BCUT2D eigenvalue weighted by molar-refractivity contribution is -0.0303. The Hall–Kier alpha value is -1.60. The van der Waals surface area contributed by atoms with Crippen molar-refractivity contribution >= 4 is 0 Å². The molecule has 2 aliphatic rings. The molecule has 1 saturated heterocycles. The molecule has 2 aromatic carbocycles. The maximum atomic E-state index is 2.64. The summed E-state index contributed by atoms with van der Waals surface area (Å²) in [5.74, 6) is 1.00. The summed E-state index contributed by atoms with van der Waals surface area (Å²) in [6.45, 7) is 3.74. The lowest BCUT2D eigenvalue weighted by Crippen LogP contribution is -2.57. The summed E-state index contributed by atoms with van der Waals surface area (Å²) in [6.07, 6.45) is 5.55. The lowest BCUT2D eigenvalue weighted by Gasteiger charge is -2.51. The molecule has 4 rings (SSSR count). The van der Waals surface area contributed by atoms with Crippen LogP contribution in [0.3, 0.4) is 0 Å². The highest BCUT2D eigenvalue weighted by atomic mass is 15.2. The molecule has 0 radical (unpaired) electrons. The molecule has 0 atom stereocenters. The molecule has 0 unspecified atom stereocenters. The molecule has 1 saturated carbocycles. The van der Waals surface area contributed by atoms with Gasteiger partial charge in [0.05, 0.1) is 0 Å². The van der Waals surface area contributed by atoms with Gasteiger partial charge in [0.2, 0.25) is 0 Å². The summed E-state index contributed by atoms with van der Waals surface area (Å²) in [5, 5.41) is 0. The van der Waals surface area contributed by atoms with Crippen LogP contribution in [0.25, 0.3) is 0 Å². The first kappa shape index (κ1) is 14.0. The summed E-state index contributed by atoms with van der Waals surface area (Å²) in [5.41, 5.74) is 3.57. The summed E-state index contributed by atoms with van der Waals surface area (Å²) < 4.78 is 0. The van der Waals surface area contributed by atoms with Gasteiger partial charge in [-0.1, -0.05) is 60.7 Å². The molecule has 0 bridgehead atoms. The van der Waals surface area contributed by atoms with Gasteiger partial charge in [-0.25, -0.2) is 0 Å². The van der Waals surface area contributed by atoms with Crippen molar-refractivity contribution in [2.24, 2.45) is 11.3 Å². The molecule has 22 heavy (non-hydrogen) atoms. The highest BCUT2D eigenvalue weighted by molar-refractivity contribution is 5.18. The van der Waals surface area contributed by atoms with Gasteiger partial charge in [0.15, 0.2) is 0 Å². The van der Waals surface area contributed by atoms with Crippen LogP contribution in [0.4, 0.5) is 0 Å². The lowest BCUT2D eigenvalue weighted by atomic mass is 9.71. The van der Waals surface area contributed by atoms with E-state index in [1.165, 1.54) is 49.9 Å². The standard InChI is InChI=1S/C21H25N/c1-3-7-18(8-4-1)13-14-21(20-11-12-20)16-22(17-21)15-19-9-5-2-6-10-19/h1-10,20H,11-17H2. The van der Waals surface area contributed by atoms with E-state index in [9.17, 15) is 0 Å². The van der Waals surface area contributed by atoms with Crippen LogP contribution in [-0.4, -0.2) is 18.0 Å². The predicted molar refractivity (Wildman–Crippen MR) is 91.6 cm³/mol. The Balaban J connectivity index is 1.35. The molecule has 114 valence electrons. The molecule has 1 aliphatic heterocycles. The third kappa shape index (κ3) is 2.96. The van der Waals surface area contributed by atoms with Crippen LogP contribution in [0, 0.1) is 11.3 Å². The van der Waals surface area contributed by atoms with Crippen molar-refractivity contribution in [2.45, 2.75) is 32.2 Å². The average molecular weight is 291 g/mol. The van der Waals surface area contributed by atoms with Gasteiger partial charge in [-0.15, -0.1) is 0 Å². The zero-order valence-electron chi connectivity index (χ0n) is 13.2. The van der Waals surface area contributed by atoms with Crippen LogP contribution in [0.2, 0.25) is 0 Å². The maximum Gasteiger partial charge on any atom is 0.0234 e. The molecule has 0 N–H and O–H groups in total. The SMILES string of the molecule is c1ccc(CCC2(C3CC3)CN(Cc3ccccc3)C2)cc1. The second kappa shape index (κ2) is 5.89. The van der Waals surface area contributed by atoms with Crippen molar-refractivity contribution in [3.8, 4) is 0 Å². The first-order chi connectivity index (χ1) is 10.8. The van der Waals surface area contributed by atoms with Crippen molar-refractivity contribution in [3.05, 3.63) is 71.8 Å². The van der Waals surface area contributed by atoms with Gasteiger partial charge >= 0.3 is 0 Å². The van der Waals surface area contributed by atoms with E-state index in [4.69, 9.17) is 0 Å². The van der Waals surface area contributed by atoms with Crippen LogP contribution >= 0.6 is 0 Å². The van der Waals surface area contributed by atoms with E-state index in [-0.39, 0.29) is 0 Å². The molecule has 0 amide bonds. The van der Waals surface area contributed by atoms with Gasteiger partial charge in [0.25, 0.3) is 0 Å². The van der Waals surface area contributed by atoms with Crippen LogP contribution in [0.1, 0.15) is 30.4 Å². The minimum atomic E-state index is 0.616. The number of likely N-dealkylation sites (tertiary alicyclic amines) is 1. The Morgan fingerprint density at radius 2 is 1.41 bits per heavy atom. The Kier molecular flexibility index (Phi) is 3.75. The third-order valence-electron chi connectivity index (χ3n) is 5.52. The van der Waals surface area contributed by atoms with Gasteiger partial charge < -0.3 is 0 Å². The topological polar surface area (TPSA) is 3.24 Å². The molecular weight excluding hydrogens is 266 g/mol. The normalized spacial score (nSPS) is 20.5. The molecule has 0 spiro atoms. The largest absolute Gasteiger partial charge is 0.298 e. The fourth-order valence-electron chi connectivity index (χ4n) is 4.15. The van der Waals surface area contributed by atoms with E-state index in [1.807, 2.05) is 0 Å². The van der Waals surface area contributed by atoms with Gasteiger partial charge in [0, 0.05) is 19.6 Å². The summed E-state index contributed by atoms with van der Waals surface area (Å²) >= 11 is 0. The van der Waals surface area contributed by atoms with Gasteiger partial charge in [-0.05, 0) is 48.1 Å². The molecule has 0 aromatic heterocycles. The Bertz CT molecular complexity index is 594. The minimum absolute atomic E-state index is 0.616. The second-order valence-corrected chi connectivity index (χ2v) is 7.25. The quantitative estimate of drug-likeness (QED) is 0.755. The summed E-state index contributed by atoms with van der Waals surface area (Å²) in [6, 6.07) is 21.9. The number of aryl methyl sites for hydroxylation is 1. The van der Waals surface area contributed by atoms with E-state index < -0.39 is 0 Å². The fraction of sp³-hybridized carbons (Fsp3) is 0.429. The Morgan fingerprint density at radius 3 is 2.00 bits per heavy atom. The molecule has 1 aliphatic carbocycles. The van der Waals surface area contributed by atoms with Crippen molar-refractivity contribution in [2.75, 3.05) is 13.1 Å². The average Bonchev–Trinajstić information content (AvgIpc) is 3.37. The van der Waals surface area contributed by atoms with E-state index in [0.29, 0.717) is 5.41 Å². The van der Waals surface area contributed by atoms with Crippen LogP contribution in [-0.2, 0) is 13.0 Å². The van der Waals surface area contributed by atoms with E-state index in [2.05, 4.69) is 65.6 Å². The van der Waals surface area contributed by atoms with Gasteiger partial charge in [0.1, 0.15) is 0 Å². The Labute approximate surface area is 134 Å². The third-order valence-corrected chi connectivity index (χ3v) is 5.52. The van der Waals surface area contributed by atoms with Crippen molar-refractivity contribution < 1.29 is 0 Å². The molecular formula is C21H25N. The first-order valence-corrected chi connectivity index (χ1v) is 8.64. The monoisotopic (exact) mass is 291 g/mol. The predicted octanol–water partition coefficient (Wildman–Crippen LogP) is 4.53. The summed E-state index contributed by atoms with van der Waals surface area (Å²) in [4.78, 5) is 2.64. The van der Waals surface area contributed by atoms with Crippen molar-refractivity contribution in [1.82, 2.24) is 4.90 Å². The summed E-state index contributed by atoms with van der Waals surface area (Å²) in [7, 11) is 0. The fourth-order valence-corrected chi connectivity index (χ4v) is 4.15. The molecule has 2 aromatic rings. The minimum Gasteiger partial charge on any atom is -0.298 e. The molecule has 2 fully saturated rings.